The van der Waals surface area contributed by atoms with Crippen LogP contribution in [0.4, 0.5) is 5.69 Å². The summed E-state index contributed by atoms with van der Waals surface area (Å²) in [4.78, 5) is 12.6. The van der Waals surface area contributed by atoms with Gasteiger partial charge in [0, 0.05) is 24.7 Å². The number of para-hydroxylation sites is 1. The van der Waals surface area contributed by atoms with Crippen LogP contribution in [0, 0.1) is 10.1 Å². The van der Waals surface area contributed by atoms with Crippen molar-refractivity contribution in [3.05, 3.63) is 39.9 Å². The van der Waals surface area contributed by atoms with E-state index in [1.807, 2.05) is 19.9 Å². The molecule has 0 bridgehead atoms. The highest BCUT2D eigenvalue weighted by atomic mass is 16.6. The van der Waals surface area contributed by atoms with E-state index < -0.39 is 0 Å². The fraction of sp³-hybridized carbons (Fsp3) is 0.500. The number of benzene rings is 1. The molecule has 5 nitrogen and oxygen atoms in total. The number of nitrogens with zero attached hydrogens (tertiary/aromatic N) is 2. The average Bonchev–Trinajstić information content (AvgIpc) is 2.58. The lowest BCUT2D eigenvalue weighted by Crippen LogP contribution is -2.27. The second-order valence-electron chi connectivity index (χ2n) is 4.91. The number of ether oxygens (including phenoxy) is 1. The van der Waals surface area contributed by atoms with Crippen molar-refractivity contribution in [2.45, 2.75) is 26.0 Å². The fourth-order valence-electron chi connectivity index (χ4n) is 2.06. The molecule has 1 aromatic carbocycles. The topological polar surface area (TPSA) is 55.6 Å². The molecule has 5 heteroatoms. The van der Waals surface area contributed by atoms with Gasteiger partial charge in [-0.3, -0.25) is 15.0 Å². The van der Waals surface area contributed by atoms with Gasteiger partial charge in [-0.2, -0.15) is 0 Å². The average molecular weight is 236 g/mol. The van der Waals surface area contributed by atoms with Crippen LogP contribution in [0.3, 0.4) is 0 Å². The summed E-state index contributed by atoms with van der Waals surface area (Å²) in [6.45, 7) is 5.91. The number of nitro benzene ring substituents is 1. The SMILES string of the molecule is CC1(C)CN(Cc2ccccc2[N+](=O)[O-])CO1. The van der Waals surface area contributed by atoms with Crippen LogP contribution in [-0.4, -0.2) is 28.7 Å². The molecule has 0 radical (unpaired) electrons. The van der Waals surface area contributed by atoms with Crippen LogP contribution < -0.4 is 0 Å². The first kappa shape index (κ1) is 12.0. The van der Waals surface area contributed by atoms with Crippen molar-refractivity contribution in [3.8, 4) is 0 Å². The predicted molar refractivity (Wildman–Crippen MR) is 63.5 cm³/mol. The second-order valence-corrected chi connectivity index (χ2v) is 4.91. The van der Waals surface area contributed by atoms with E-state index in [1.165, 1.54) is 6.07 Å². The summed E-state index contributed by atoms with van der Waals surface area (Å²) in [6, 6.07) is 6.84. The minimum absolute atomic E-state index is 0.163. The summed E-state index contributed by atoms with van der Waals surface area (Å²) in [5.74, 6) is 0. The Morgan fingerprint density at radius 1 is 1.47 bits per heavy atom. The van der Waals surface area contributed by atoms with Crippen LogP contribution >= 0.6 is 0 Å². The fourth-order valence-corrected chi connectivity index (χ4v) is 2.06. The third kappa shape index (κ3) is 2.81. The van der Waals surface area contributed by atoms with Crippen molar-refractivity contribution in [2.24, 2.45) is 0 Å². The van der Waals surface area contributed by atoms with Crippen molar-refractivity contribution >= 4 is 5.69 Å². The Morgan fingerprint density at radius 2 is 2.18 bits per heavy atom. The van der Waals surface area contributed by atoms with Gasteiger partial charge in [0.15, 0.2) is 0 Å². The standard InChI is InChI=1S/C12H16N2O3/c1-12(2)8-13(9-17-12)7-10-5-3-4-6-11(10)14(15)16/h3-6H,7-9H2,1-2H3. The van der Waals surface area contributed by atoms with Crippen molar-refractivity contribution in [2.75, 3.05) is 13.3 Å². The summed E-state index contributed by atoms with van der Waals surface area (Å²) >= 11 is 0. The van der Waals surface area contributed by atoms with E-state index in [1.54, 1.807) is 12.1 Å². The Morgan fingerprint density at radius 3 is 2.76 bits per heavy atom. The Hall–Kier alpha value is -1.46. The lowest BCUT2D eigenvalue weighted by Gasteiger charge is -2.16. The Labute approximate surface area is 100 Å². The number of hydrogen-bond donors (Lipinski definition) is 0. The molecule has 1 heterocycles. The van der Waals surface area contributed by atoms with Gasteiger partial charge in [-0.25, -0.2) is 0 Å². The van der Waals surface area contributed by atoms with E-state index in [0.29, 0.717) is 13.3 Å². The minimum Gasteiger partial charge on any atom is -0.359 e. The van der Waals surface area contributed by atoms with E-state index in [0.717, 1.165) is 12.1 Å². The summed E-state index contributed by atoms with van der Waals surface area (Å²) in [6.07, 6.45) is 0. The minimum atomic E-state index is -0.336. The Balaban J connectivity index is 2.12. The maximum absolute atomic E-state index is 10.9. The molecule has 0 atom stereocenters. The highest BCUT2D eigenvalue weighted by molar-refractivity contribution is 5.39. The first-order valence-corrected chi connectivity index (χ1v) is 5.56. The van der Waals surface area contributed by atoms with Gasteiger partial charge in [0.25, 0.3) is 5.69 Å². The van der Waals surface area contributed by atoms with Crippen molar-refractivity contribution in [1.82, 2.24) is 4.90 Å². The summed E-state index contributed by atoms with van der Waals surface area (Å²) in [7, 11) is 0. The zero-order valence-corrected chi connectivity index (χ0v) is 10.0. The molecule has 0 N–H and O–H groups in total. The van der Waals surface area contributed by atoms with E-state index >= 15 is 0 Å². The third-order valence-corrected chi connectivity index (χ3v) is 2.82. The highest BCUT2D eigenvalue weighted by Crippen LogP contribution is 2.24. The summed E-state index contributed by atoms with van der Waals surface area (Å²) in [5.41, 5.74) is 0.750. The van der Waals surface area contributed by atoms with Gasteiger partial charge in [-0.1, -0.05) is 18.2 Å². The largest absolute Gasteiger partial charge is 0.359 e. The van der Waals surface area contributed by atoms with Gasteiger partial charge >= 0.3 is 0 Å². The maximum atomic E-state index is 10.9. The zero-order valence-electron chi connectivity index (χ0n) is 10.0. The molecule has 17 heavy (non-hydrogen) atoms. The normalized spacial score (nSPS) is 19.4. The molecule has 92 valence electrons. The first-order valence-electron chi connectivity index (χ1n) is 5.56. The highest BCUT2D eigenvalue weighted by Gasteiger charge is 2.30. The molecule has 0 saturated carbocycles. The molecule has 0 aliphatic carbocycles. The Bertz CT molecular complexity index is 432. The van der Waals surface area contributed by atoms with E-state index in [2.05, 4.69) is 4.90 Å². The maximum Gasteiger partial charge on any atom is 0.273 e. The van der Waals surface area contributed by atoms with Crippen LogP contribution in [0.5, 0.6) is 0 Å². The van der Waals surface area contributed by atoms with Gasteiger partial charge in [0.1, 0.15) is 6.73 Å². The lowest BCUT2D eigenvalue weighted by atomic mass is 10.1. The van der Waals surface area contributed by atoms with Crippen molar-refractivity contribution < 1.29 is 9.66 Å². The molecule has 0 amide bonds. The van der Waals surface area contributed by atoms with Crippen molar-refractivity contribution in [1.29, 1.82) is 0 Å². The van der Waals surface area contributed by atoms with Gasteiger partial charge in [-0.15, -0.1) is 0 Å². The monoisotopic (exact) mass is 236 g/mol. The molecule has 1 aromatic rings. The van der Waals surface area contributed by atoms with Gasteiger partial charge < -0.3 is 4.74 Å². The molecule has 0 unspecified atom stereocenters. The van der Waals surface area contributed by atoms with Crippen LogP contribution in [0.25, 0.3) is 0 Å². The number of hydrogen-bond acceptors (Lipinski definition) is 4. The molecule has 1 aliphatic rings. The molecular weight excluding hydrogens is 220 g/mol. The Kier molecular flexibility index (Phi) is 3.13. The smallest absolute Gasteiger partial charge is 0.273 e. The molecule has 0 aromatic heterocycles. The number of rotatable bonds is 3. The zero-order chi connectivity index (χ0) is 12.5. The quantitative estimate of drug-likeness (QED) is 0.596. The molecule has 1 aliphatic heterocycles. The molecule has 0 spiro atoms. The van der Waals surface area contributed by atoms with Gasteiger partial charge in [-0.05, 0) is 13.8 Å². The van der Waals surface area contributed by atoms with Crippen LogP contribution in [0.1, 0.15) is 19.4 Å². The molecule has 1 fully saturated rings. The van der Waals surface area contributed by atoms with Crippen LogP contribution in [0.15, 0.2) is 24.3 Å². The molecule has 2 rings (SSSR count). The van der Waals surface area contributed by atoms with E-state index in [4.69, 9.17) is 4.74 Å². The lowest BCUT2D eigenvalue weighted by molar-refractivity contribution is -0.385. The van der Waals surface area contributed by atoms with Gasteiger partial charge in [0.05, 0.1) is 10.5 Å². The summed E-state index contributed by atoms with van der Waals surface area (Å²) < 4.78 is 5.58. The van der Waals surface area contributed by atoms with Crippen molar-refractivity contribution in [3.63, 3.8) is 0 Å². The van der Waals surface area contributed by atoms with Gasteiger partial charge in [0.2, 0.25) is 0 Å². The molecule has 1 saturated heterocycles. The summed E-state index contributed by atoms with van der Waals surface area (Å²) in [5, 5.41) is 10.9. The predicted octanol–water partition coefficient (Wildman–Crippen LogP) is 2.16. The number of nitro groups is 1. The van der Waals surface area contributed by atoms with Crippen LogP contribution in [-0.2, 0) is 11.3 Å². The van der Waals surface area contributed by atoms with E-state index in [9.17, 15) is 10.1 Å². The van der Waals surface area contributed by atoms with E-state index in [-0.39, 0.29) is 16.2 Å². The van der Waals surface area contributed by atoms with Crippen LogP contribution in [0.2, 0.25) is 0 Å². The molecular formula is C12H16N2O3. The first-order chi connectivity index (χ1) is 7.98. The second kappa shape index (κ2) is 4.43. The third-order valence-electron chi connectivity index (χ3n) is 2.82.